The molecule has 3 rings (SSSR count). The number of furan rings is 1. The second-order valence-electron chi connectivity index (χ2n) is 5.72. The lowest BCUT2D eigenvalue weighted by Gasteiger charge is -2.23. The van der Waals surface area contributed by atoms with Crippen LogP contribution in [0.4, 0.5) is 0 Å². The van der Waals surface area contributed by atoms with Crippen molar-refractivity contribution in [3.63, 3.8) is 0 Å². The number of nitrogens with zero attached hydrogens (tertiary/aromatic N) is 1. The van der Waals surface area contributed by atoms with Gasteiger partial charge >= 0.3 is 0 Å². The number of rotatable bonds is 4. The third-order valence-corrected chi connectivity index (χ3v) is 5.36. The predicted octanol–water partition coefficient (Wildman–Crippen LogP) is 3.65. The second-order valence-corrected chi connectivity index (χ2v) is 7.40. The summed E-state index contributed by atoms with van der Waals surface area (Å²) in [7, 11) is 0. The maximum absolute atomic E-state index is 12.4. The van der Waals surface area contributed by atoms with Crippen molar-refractivity contribution in [2.45, 2.75) is 32.1 Å². The summed E-state index contributed by atoms with van der Waals surface area (Å²) in [6.07, 6.45) is 11.8. The molecule has 2 aliphatic rings. The first-order valence-corrected chi connectivity index (χ1v) is 9.16. The van der Waals surface area contributed by atoms with E-state index >= 15 is 0 Å². The largest absolute Gasteiger partial charge is 0.465 e. The molecule has 0 aromatic carbocycles. The first-order valence-electron chi connectivity index (χ1n) is 7.94. The highest BCUT2D eigenvalue weighted by Gasteiger charge is 2.34. The van der Waals surface area contributed by atoms with Crippen molar-refractivity contribution in [3.8, 4) is 0 Å². The van der Waals surface area contributed by atoms with Gasteiger partial charge in [-0.2, -0.15) is 5.01 Å². The molecule has 1 saturated carbocycles. The zero-order valence-corrected chi connectivity index (χ0v) is 14.7. The molecule has 2 amide bonds. The lowest BCUT2D eigenvalue weighted by molar-refractivity contribution is -0.136. The number of carbonyl (C=O) groups excluding carboxylic acids is 2. The molecule has 0 bridgehead atoms. The highest BCUT2D eigenvalue weighted by molar-refractivity contribution is 8.26. The summed E-state index contributed by atoms with van der Waals surface area (Å²) in [4.78, 5) is 25.2. The summed E-state index contributed by atoms with van der Waals surface area (Å²) in [5.41, 5.74) is 2.68. The summed E-state index contributed by atoms with van der Waals surface area (Å²) < 4.78 is 5.53. The van der Waals surface area contributed by atoms with Gasteiger partial charge in [0.1, 0.15) is 5.76 Å². The SMILES string of the molecule is O=C(NN1C(=O)/C(=C\C=C\c2ccco2)SC1=S)C1CCCCC1. The van der Waals surface area contributed by atoms with E-state index in [-0.39, 0.29) is 17.7 Å². The highest BCUT2D eigenvalue weighted by Crippen LogP contribution is 2.30. The maximum Gasteiger partial charge on any atom is 0.285 e. The van der Waals surface area contributed by atoms with Crippen LogP contribution in [-0.2, 0) is 9.59 Å². The molecule has 0 radical (unpaired) electrons. The van der Waals surface area contributed by atoms with Gasteiger partial charge in [-0.15, -0.1) is 0 Å². The minimum Gasteiger partial charge on any atom is -0.465 e. The van der Waals surface area contributed by atoms with E-state index in [0.29, 0.717) is 15.0 Å². The fraction of sp³-hybridized carbons (Fsp3) is 0.353. The summed E-state index contributed by atoms with van der Waals surface area (Å²) in [6.45, 7) is 0. The zero-order valence-electron chi connectivity index (χ0n) is 13.1. The quantitative estimate of drug-likeness (QED) is 0.654. The lowest BCUT2D eigenvalue weighted by atomic mass is 9.89. The molecular formula is C17H18N2O3S2. The number of hydrazine groups is 1. The Labute approximate surface area is 150 Å². The Balaban J connectivity index is 1.62. The van der Waals surface area contributed by atoms with Gasteiger partial charge in [-0.25, -0.2) is 0 Å². The Morgan fingerprint density at radius 2 is 2.17 bits per heavy atom. The van der Waals surface area contributed by atoms with Gasteiger partial charge in [-0.1, -0.05) is 37.1 Å². The number of allylic oxidation sites excluding steroid dienone is 2. The van der Waals surface area contributed by atoms with Gasteiger partial charge in [0.15, 0.2) is 4.32 Å². The van der Waals surface area contributed by atoms with E-state index in [1.165, 1.54) is 23.2 Å². The third-order valence-electron chi connectivity index (χ3n) is 4.04. The fourth-order valence-electron chi connectivity index (χ4n) is 2.76. The van der Waals surface area contributed by atoms with E-state index < -0.39 is 0 Å². The van der Waals surface area contributed by atoms with E-state index in [4.69, 9.17) is 16.6 Å². The molecule has 1 saturated heterocycles. The molecule has 0 spiro atoms. The monoisotopic (exact) mass is 362 g/mol. The Kier molecular flexibility index (Phi) is 5.52. The van der Waals surface area contributed by atoms with Crippen LogP contribution in [-0.4, -0.2) is 21.1 Å². The van der Waals surface area contributed by atoms with Crippen molar-refractivity contribution in [1.82, 2.24) is 10.4 Å². The highest BCUT2D eigenvalue weighted by atomic mass is 32.2. The molecule has 1 aromatic heterocycles. The molecule has 2 fully saturated rings. The molecule has 1 aliphatic heterocycles. The Bertz CT molecular complexity index is 689. The average Bonchev–Trinajstić information content (AvgIpc) is 3.20. The molecule has 24 heavy (non-hydrogen) atoms. The van der Waals surface area contributed by atoms with Crippen LogP contribution in [0.2, 0.25) is 0 Å². The standard InChI is InChI=1S/C17H18N2O3S2/c20-15(12-6-2-1-3-7-12)18-19-16(21)14(24-17(19)23)10-4-8-13-9-5-11-22-13/h4-5,8-12H,1-3,6-7H2,(H,18,20)/b8-4+,14-10+. The van der Waals surface area contributed by atoms with E-state index in [9.17, 15) is 9.59 Å². The normalized spacial score (nSPS) is 21.2. The van der Waals surface area contributed by atoms with Gasteiger partial charge in [0.25, 0.3) is 5.91 Å². The number of amides is 2. The summed E-state index contributed by atoms with van der Waals surface area (Å²) in [6, 6.07) is 3.61. The van der Waals surface area contributed by atoms with Crippen molar-refractivity contribution in [2.24, 2.45) is 5.92 Å². The van der Waals surface area contributed by atoms with Crippen LogP contribution in [0.15, 0.2) is 39.9 Å². The Hall–Kier alpha value is -1.86. The van der Waals surface area contributed by atoms with Gasteiger partial charge in [0.2, 0.25) is 5.91 Å². The van der Waals surface area contributed by atoms with Crippen LogP contribution in [0.5, 0.6) is 0 Å². The molecule has 7 heteroatoms. The van der Waals surface area contributed by atoms with Gasteiger partial charge < -0.3 is 4.42 Å². The van der Waals surface area contributed by atoms with Gasteiger partial charge in [-0.3, -0.25) is 15.0 Å². The number of thioether (sulfide) groups is 1. The summed E-state index contributed by atoms with van der Waals surface area (Å²) in [5.74, 6) is 0.273. The van der Waals surface area contributed by atoms with E-state index in [1.807, 2.05) is 6.07 Å². The van der Waals surface area contributed by atoms with Crippen molar-refractivity contribution in [3.05, 3.63) is 41.2 Å². The van der Waals surface area contributed by atoms with Crippen molar-refractivity contribution in [1.29, 1.82) is 0 Å². The lowest BCUT2D eigenvalue weighted by Crippen LogP contribution is -2.47. The number of hydrogen-bond donors (Lipinski definition) is 1. The number of hydrogen-bond acceptors (Lipinski definition) is 5. The maximum atomic E-state index is 12.4. The van der Waals surface area contributed by atoms with E-state index in [2.05, 4.69) is 5.43 Å². The smallest absolute Gasteiger partial charge is 0.285 e. The molecular weight excluding hydrogens is 344 g/mol. The summed E-state index contributed by atoms with van der Waals surface area (Å²) in [5, 5.41) is 1.18. The molecule has 0 atom stereocenters. The van der Waals surface area contributed by atoms with E-state index in [0.717, 1.165) is 25.7 Å². The minimum atomic E-state index is -0.293. The second kappa shape index (κ2) is 7.81. The molecule has 1 N–H and O–H groups in total. The van der Waals surface area contributed by atoms with Crippen molar-refractivity contribution >= 4 is 46.2 Å². The predicted molar refractivity (Wildman–Crippen MR) is 97.6 cm³/mol. The molecule has 2 heterocycles. The Morgan fingerprint density at radius 1 is 1.38 bits per heavy atom. The molecule has 0 unspecified atom stereocenters. The Morgan fingerprint density at radius 3 is 2.88 bits per heavy atom. The van der Waals surface area contributed by atoms with Crippen LogP contribution < -0.4 is 5.43 Å². The van der Waals surface area contributed by atoms with Gasteiger partial charge in [0.05, 0.1) is 11.2 Å². The topological polar surface area (TPSA) is 62.6 Å². The van der Waals surface area contributed by atoms with Gasteiger partial charge in [-0.05, 0) is 49.3 Å². The fourth-order valence-corrected chi connectivity index (χ4v) is 3.89. The van der Waals surface area contributed by atoms with Gasteiger partial charge in [0, 0.05) is 5.92 Å². The zero-order chi connectivity index (χ0) is 16.9. The van der Waals surface area contributed by atoms with Crippen LogP contribution >= 0.6 is 24.0 Å². The molecule has 5 nitrogen and oxygen atoms in total. The first-order chi connectivity index (χ1) is 11.6. The minimum absolute atomic E-state index is 0.0220. The third kappa shape index (κ3) is 3.96. The van der Waals surface area contributed by atoms with Crippen LogP contribution in [0, 0.1) is 5.92 Å². The number of nitrogens with one attached hydrogen (secondary N) is 1. The molecule has 126 valence electrons. The van der Waals surface area contributed by atoms with E-state index in [1.54, 1.807) is 30.6 Å². The average molecular weight is 362 g/mol. The first kappa shape index (κ1) is 17.0. The molecule has 1 aliphatic carbocycles. The van der Waals surface area contributed by atoms with Crippen LogP contribution in [0.1, 0.15) is 37.9 Å². The van der Waals surface area contributed by atoms with Crippen LogP contribution in [0.25, 0.3) is 6.08 Å². The van der Waals surface area contributed by atoms with Crippen molar-refractivity contribution < 1.29 is 14.0 Å². The van der Waals surface area contributed by atoms with Crippen LogP contribution in [0.3, 0.4) is 0 Å². The van der Waals surface area contributed by atoms with Crippen molar-refractivity contribution in [2.75, 3.05) is 0 Å². The molecule has 1 aromatic rings. The number of thiocarbonyl (C=S) groups is 1. The number of carbonyl (C=O) groups is 2. The summed E-state index contributed by atoms with van der Waals surface area (Å²) >= 11 is 6.39.